The molecule has 5 heteroatoms. The minimum atomic E-state index is -0.361. The zero-order valence-electron chi connectivity index (χ0n) is 10.6. The number of nitrogens with zero attached hydrogens (tertiary/aromatic N) is 1. The van der Waals surface area contributed by atoms with Crippen molar-refractivity contribution in [3.8, 4) is 0 Å². The van der Waals surface area contributed by atoms with E-state index in [2.05, 4.69) is 17.1 Å². The molecule has 1 fully saturated rings. The molecule has 1 heterocycles. The van der Waals surface area contributed by atoms with Crippen LogP contribution in [0.25, 0.3) is 0 Å². The van der Waals surface area contributed by atoms with Crippen molar-refractivity contribution in [1.29, 1.82) is 0 Å². The van der Waals surface area contributed by atoms with Crippen molar-refractivity contribution in [3.63, 3.8) is 0 Å². The Labute approximate surface area is 114 Å². The SMILES string of the molecule is C[C@@H]1CNCCN1Cc1cccc(C(N)=O)c1.Cl. The number of hydrogen-bond donors (Lipinski definition) is 2. The van der Waals surface area contributed by atoms with E-state index in [0.717, 1.165) is 31.7 Å². The van der Waals surface area contributed by atoms with Crippen molar-refractivity contribution in [1.82, 2.24) is 10.2 Å². The summed E-state index contributed by atoms with van der Waals surface area (Å²) < 4.78 is 0. The number of nitrogens with two attached hydrogens (primary N) is 1. The largest absolute Gasteiger partial charge is 0.366 e. The van der Waals surface area contributed by atoms with Crippen molar-refractivity contribution in [2.45, 2.75) is 19.5 Å². The third-order valence-corrected chi connectivity index (χ3v) is 3.24. The van der Waals surface area contributed by atoms with Crippen molar-refractivity contribution in [3.05, 3.63) is 35.4 Å². The molecule has 3 N–H and O–H groups in total. The molecule has 100 valence electrons. The molecule has 0 unspecified atom stereocenters. The molecule has 0 spiro atoms. The highest BCUT2D eigenvalue weighted by atomic mass is 35.5. The van der Waals surface area contributed by atoms with E-state index in [0.29, 0.717) is 11.6 Å². The fourth-order valence-electron chi connectivity index (χ4n) is 2.18. The summed E-state index contributed by atoms with van der Waals surface area (Å²) in [7, 11) is 0. The summed E-state index contributed by atoms with van der Waals surface area (Å²) in [6.07, 6.45) is 0. The normalized spacial score (nSPS) is 20.2. The van der Waals surface area contributed by atoms with Gasteiger partial charge in [-0.3, -0.25) is 9.69 Å². The molecule has 18 heavy (non-hydrogen) atoms. The van der Waals surface area contributed by atoms with Crippen LogP contribution in [0, 0.1) is 0 Å². The predicted molar refractivity (Wildman–Crippen MR) is 74.9 cm³/mol. The van der Waals surface area contributed by atoms with Gasteiger partial charge in [0.2, 0.25) is 5.91 Å². The van der Waals surface area contributed by atoms with E-state index in [-0.39, 0.29) is 18.3 Å². The lowest BCUT2D eigenvalue weighted by Gasteiger charge is -2.33. The minimum absolute atomic E-state index is 0. The first-order valence-corrected chi connectivity index (χ1v) is 6.00. The smallest absolute Gasteiger partial charge is 0.248 e. The van der Waals surface area contributed by atoms with Crippen LogP contribution in [-0.2, 0) is 6.54 Å². The zero-order valence-corrected chi connectivity index (χ0v) is 11.4. The topological polar surface area (TPSA) is 58.4 Å². The van der Waals surface area contributed by atoms with E-state index < -0.39 is 0 Å². The first-order chi connectivity index (χ1) is 8.16. The first-order valence-electron chi connectivity index (χ1n) is 6.00. The number of hydrogen-bond acceptors (Lipinski definition) is 3. The number of amides is 1. The lowest BCUT2D eigenvalue weighted by Crippen LogP contribution is -2.49. The summed E-state index contributed by atoms with van der Waals surface area (Å²) in [5, 5.41) is 3.36. The Morgan fingerprint density at radius 2 is 2.33 bits per heavy atom. The second-order valence-electron chi connectivity index (χ2n) is 4.59. The average Bonchev–Trinajstić information content (AvgIpc) is 2.32. The van der Waals surface area contributed by atoms with Crippen LogP contribution in [0.3, 0.4) is 0 Å². The standard InChI is InChI=1S/C13H19N3O.ClH/c1-10-8-15-5-6-16(10)9-11-3-2-4-12(7-11)13(14)17;/h2-4,7,10,15H,5-6,8-9H2,1H3,(H2,14,17);1H/t10-;/m1./s1. The number of benzene rings is 1. The quantitative estimate of drug-likeness (QED) is 0.861. The summed E-state index contributed by atoms with van der Waals surface area (Å²) in [6, 6.07) is 8.11. The average molecular weight is 270 g/mol. The Morgan fingerprint density at radius 3 is 3.00 bits per heavy atom. The molecule has 4 nitrogen and oxygen atoms in total. The molecule has 0 aliphatic carbocycles. The lowest BCUT2D eigenvalue weighted by molar-refractivity contribution is 0.1000. The van der Waals surface area contributed by atoms with Gasteiger partial charge < -0.3 is 11.1 Å². The fraction of sp³-hybridized carbons (Fsp3) is 0.462. The third kappa shape index (κ3) is 3.70. The number of rotatable bonds is 3. The van der Waals surface area contributed by atoms with Gasteiger partial charge in [0, 0.05) is 37.8 Å². The van der Waals surface area contributed by atoms with Crippen molar-refractivity contribution < 1.29 is 4.79 Å². The third-order valence-electron chi connectivity index (χ3n) is 3.24. The summed E-state index contributed by atoms with van der Waals surface area (Å²) in [4.78, 5) is 13.5. The van der Waals surface area contributed by atoms with Crippen LogP contribution >= 0.6 is 12.4 Å². The Kier molecular flexibility index (Phi) is 5.59. The molecule has 0 aromatic heterocycles. The monoisotopic (exact) mass is 269 g/mol. The molecule has 0 bridgehead atoms. The number of nitrogens with one attached hydrogen (secondary N) is 1. The second-order valence-corrected chi connectivity index (χ2v) is 4.59. The van der Waals surface area contributed by atoms with E-state index in [9.17, 15) is 4.79 Å². The molecule has 1 aromatic rings. The second kappa shape index (κ2) is 6.73. The molecular weight excluding hydrogens is 250 g/mol. The highest BCUT2D eigenvalue weighted by molar-refractivity contribution is 5.92. The molecule has 0 radical (unpaired) electrons. The Bertz CT molecular complexity index is 411. The lowest BCUT2D eigenvalue weighted by atomic mass is 10.1. The molecule has 1 aromatic carbocycles. The van der Waals surface area contributed by atoms with E-state index >= 15 is 0 Å². The Morgan fingerprint density at radius 1 is 1.56 bits per heavy atom. The number of carbonyl (C=O) groups excluding carboxylic acids is 1. The van der Waals surface area contributed by atoms with E-state index in [1.807, 2.05) is 18.2 Å². The van der Waals surface area contributed by atoms with Gasteiger partial charge in [-0.05, 0) is 24.6 Å². The van der Waals surface area contributed by atoms with Gasteiger partial charge in [-0.1, -0.05) is 12.1 Å². The van der Waals surface area contributed by atoms with Crippen LogP contribution in [-0.4, -0.2) is 36.5 Å². The summed E-state index contributed by atoms with van der Waals surface area (Å²) in [5.41, 5.74) is 7.02. The van der Waals surface area contributed by atoms with Crippen molar-refractivity contribution in [2.24, 2.45) is 5.73 Å². The first kappa shape index (κ1) is 15.0. The molecule has 1 saturated heterocycles. The van der Waals surface area contributed by atoms with E-state index in [4.69, 9.17) is 5.73 Å². The molecule has 2 rings (SSSR count). The fourth-order valence-corrected chi connectivity index (χ4v) is 2.18. The van der Waals surface area contributed by atoms with Gasteiger partial charge in [0.05, 0.1) is 0 Å². The van der Waals surface area contributed by atoms with Gasteiger partial charge in [-0.15, -0.1) is 12.4 Å². The molecule has 0 saturated carbocycles. The Balaban J connectivity index is 0.00000162. The number of carbonyl (C=O) groups is 1. The van der Waals surface area contributed by atoms with Crippen LogP contribution in [0.5, 0.6) is 0 Å². The predicted octanol–water partition coefficient (Wildman–Crippen LogP) is 1.00. The van der Waals surface area contributed by atoms with E-state index in [1.165, 1.54) is 0 Å². The van der Waals surface area contributed by atoms with Crippen molar-refractivity contribution >= 4 is 18.3 Å². The number of halogens is 1. The summed E-state index contributed by atoms with van der Waals surface area (Å²) in [6.45, 7) is 6.19. The Hall–Kier alpha value is -1.10. The van der Waals surface area contributed by atoms with Gasteiger partial charge in [-0.25, -0.2) is 0 Å². The van der Waals surface area contributed by atoms with Gasteiger partial charge in [0.15, 0.2) is 0 Å². The van der Waals surface area contributed by atoms with Crippen LogP contribution in [0.15, 0.2) is 24.3 Å². The maximum absolute atomic E-state index is 11.1. The van der Waals surface area contributed by atoms with Crippen LogP contribution in [0.1, 0.15) is 22.8 Å². The molecule has 1 atom stereocenters. The molecule has 1 aliphatic heterocycles. The zero-order chi connectivity index (χ0) is 12.3. The van der Waals surface area contributed by atoms with Gasteiger partial charge in [-0.2, -0.15) is 0 Å². The highest BCUT2D eigenvalue weighted by Crippen LogP contribution is 2.11. The number of primary amides is 1. The van der Waals surface area contributed by atoms with Gasteiger partial charge in [0.1, 0.15) is 0 Å². The number of piperazine rings is 1. The van der Waals surface area contributed by atoms with Gasteiger partial charge >= 0.3 is 0 Å². The van der Waals surface area contributed by atoms with Crippen LogP contribution < -0.4 is 11.1 Å². The minimum Gasteiger partial charge on any atom is -0.366 e. The van der Waals surface area contributed by atoms with E-state index in [1.54, 1.807) is 6.07 Å². The molecular formula is C13H20ClN3O. The maximum atomic E-state index is 11.1. The van der Waals surface area contributed by atoms with Gasteiger partial charge in [0.25, 0.3) is 0 Å². The van der Waals surface area contributed by atoms with Crippen LogP contribution in [0.2, 0.25) is 0 Å². The highest BCUT2D eigenvalue weighted by Gasteiger charge is 2.17. The maximum Gasteiger partial charge on any atom is 0.248 e. The van der Waals surface area contributed by atoms with Crippen molar-refractivity contribution in [2.75, 3.05) is 19.6 Å². The molecule has 1 aliphatic rings. The van der Waals surface area contributed by atoms with Crippen LogP contribution in [0.4, 0.5) is 0 Å². The summed E-state index contributed by atoms with van der Waals surface area (Å²) in [5.74, 6) is -0.361. The molecule has 1 amide bonds. The summed E-state index contributed by atoms with van der Waals surface area (Å²) >= 11 is 0.